The van der Waals surface area contributed by atoms with Crippen LogP contribution < -0.4 is 5.32 Å². The van der Waals surface area contributed by atoms with Gasteiger partial charge in [0.25, 0.3) is 0 Å². The summed E-state index contributed by atoms with van der Waals surface area (Å²) >= 11 is 0. The first-order valence-electron chi connectivity index (χ1n) is 6.80. The van der Waals surface area contributed by atoms with E-state index in [0.29, 0.717) is 5.92 Å². The maximum atomic E-state index is 12.4. The number of esters is 1. The largest absolute Gasteiger partial charge is 0.462 e. The van der Waals surface area contributed by atoms with Crippen LogP contribution in [0, 0.1) is 23.7 Å². The molecule has 98 valence electrons. The van der Waals surface area contributed by atoms with Gasteiger partial charge in [-0.3, -0.25) is 9.59 Å². The summed E-state index contributed by atoms with van der Waals surface area (Å²) < 4.78 is 5.35. The second-order valence-corrected chi connectivity index (χ2v) is 5.78. The fourth-order valence-corrected chi connectivity index (χ4v) is 4.11. The molecule has 0 radical (unpaired) electrons. The molecule has 2 aliphatic carbocycles. The standard InChI is InChI=1S/C15H15NO3/c17-14(16-9-4-2-1-3-5-9)12-8-6-10-11(7-8)19-15(18)13(10)12/h1-5,8,10-13H,6-7H2,(H,16,17)/t8-,10+,11+,12-,13+/m1/s1. The predicted molar refractivity (Wildman–Crippen MR) is 68.1 cm³/mol. The molecule has 1 heterocycles. The molecule has 5 atom stereocenters. The summed E-state index contributed by atoms with van der Waals surface area (Å²) in [5.41, 5.74) is 0.790. The molecule has 0 aromatic heterocycles. The summed E-state index contributed by atoms with van der Waals surface area (Å²) in [4.78, 5) is 24.3. The average molecular weight is 257 g/mol. The molecule has 1 saturated heterocycles. The Kier molecular flexibility index (Phi) is 2.22. The number of anilines is 1. The van der Waals surface area contributed by atoms with Gasteiger partial charge in [0.1, 0.15) is 6.10 Å². The van der Waals surface area contributed by atoms with Crippen LogP contribution in [0.25, 0.3) is 0 Å². The molecule has 4 rings (SSSR count). The molecule has 1 aromatic carbocycles. The molecule has 4 nitrogen and oxygen atoms in total. The lowest BCUT2D eigenvalue weighted by Crippen LogP contribution is -2.35. The van der Waals surface area contributed by atoms with Crippen LogP contribution in [0.15, 0.2) is 30.3 Å². The van der Waals surface area contributed by atoms with Crippen LogP contribution in [-0.2, 0) is 14.3 Å². The summed E-state index contributed by atoms with van der Waals surface area (Å²) in [6, 6.07) is 9.40. The summed E-state index contributed by atoms with van der Waals surface area (Å²) in [6.07, 6.45) is 1.91. The Hall–Kier alpha value is -1.84. The van der Waals surface area contributed by atoms with Crippen LogP contribution in [0.1, 0.15) is 12.8 Å². The van der Waals surface area contributed by atoms with Gasteiger partial charge in [0.2, 0.25) is 5.91 Å². The van der Waals surface area contributed by atoms with E-state index in [1.165, 1.54) is 0 Å². The van der Waals surface area contributed by atoms with Crippen LogP contribution in [0.3, 0.4) is 0 Å². The van der Waals surface area contributed by atoms with Gasteiger partial charge in [0.15, 0.2) is 0 Å². The smallest absolute Gasteiger partial charge is 0.310 e. The second-order valence-electron chi connectivity index (χ2n) is 5.78. The average Bonchev–Trinajstić information content (AvgIpc) is 3.00. The Morgan fingerprint density at radius 1 is 1.21 bits per heavy atom. The van der Waals surface area contributed by atoms with Gasteiger partial charge in [0, 0.05) is 11.6 Å². The van der Waals surface area contributed by atoms with Crippen LogP contribution in [0.5, 0.6) is 0 Å². The van der Waals surface area contributed by atoms with Crippen LogP contribution in [0.4, 0.5) is 5.69 Å². The number of amides is 1. The number of hydrogen-bond donors (Lipinski definition) is 1. The highest BCUT2D eigenvalue weighted by molar-refractivity contribution is 5.96. The van der Waals surface area contributed by atoms with Crippen LogP contribution in [0.2, 0.25) is 0 Å². The zero-order valence-corrected chi connectivity index (χ0v) is 10.4. The second kappa shape index (κ2) is 3.83. The third-order valence-electron chi connectivity index (χ3n) is 4.83. The Morgan fingerprint density at radius 2 is 2.00 bits per heavy atom. The number of hydrogen-bond acceptors (Lipinski definition) is 3. The van der Waals surface area contributed by atoms with E-state index in [2.05, 4.69) is 5.32 Å². The quantitative estimate of drug-likeness (QED) is 0.822. The van der Waals surface area contributed by atoms with E-state index >= 15 is 0 Å². The van der Waals surface area contributed by atoms with Gasteiger partial charge in [-0.25, -0.2) is 0 Å². The van der Waals surface area contributed by atoms with E-state index in [0.717, 1.165) is 18.5 Å². The third kappa shape index (κ3) is 1.52. The summed E-state index contributed by atoms with van der Waals surface area (Å²) in [5, 5.41) is 2.93. The van der Waals surface area contributed by atoms with Crippen molar-refractivity contribution in [2.45, 2.75) is 18.9 Å². The van der Waals surface area contributed by atoms with Crippen molar-refractivity contribution in [2.24, 2.45) is 23.7 Å². The fourth-order valence-electron chi connectivity index (χ4n) is 4.11. The molecule has 1 N–H and O–H groups in total. The number of nitrogens with one attached hydrogen (secondary N) is 1. The van der Waals surface area contributed by atoms with Gasteiger partial charge in [0.05, 0.1) is 11.8 Å². The highest BCUT2D eigenvalue weighted by Crippen LogP contribution is 2.57. The van der Waals surface area contributed by atoms with Gasteiger partial charge in [-0.05, 0) is 30.9 Å². The SMILES string of the molecule is O=C(Nc1ccccc1)[C@@H]1[C@@H]2C[C@@H]3[C@@H]1C(=O)O[C@H]3C2. The van der Waals surface area contributed by atoms with E-state index in [4.69, 9.17) is 4.74 Å². The number of carbonyl (C=O) groups is 2. The van der Waals surface area contributed by atoms with E-state index in [1.807, 2.05) is 30.3 Å². The molecule has 0 spiro atoms. The molecule has 1 amide bonds. The molecular weight excluding hydrogens is 242 g/mol. The first kappa shape index (κ1) is 11.0. The van der Waals surface area contributed by atoms with E-state index in [-0.39, 0.29) is 35.7 Å². The van der Waals surface area contributed by atoms with Crippen LogP contribution in [-0.4, -0.2) is 18.0 Å². The molecule has 19 heavy (non-hydrogen) atoms. The Labute approximate surface area is 111 Å². The first-order valence-corrected chi connectivity index (χ1v) is 6.80. The summed E-state index contributed by atoms with van der Waals surface area (Å²) in [5.74, 6) is 0.00677. The number of fused-ring (bicyclic) bond motifs is 1. The number of para-hydroxylation sites is 1. The minimum atomic E-state index is -0.201. The Morgan fingerprint density at radius 3 is 2.79 bits per heavy atom. The molecular formula is C15H15NO3. The number of carbonyl (C=O) groups excluding carboxylic acids is 2. The monoisotopic (exact) mass is 257 g/mol. The van der Waals surface area contributed by atoms with E-state index < -0.39 is 0 Å². The lowest BCUT2D eigenvalue weighted by Gasteiger charge is -2.23. The molecule has 3 fully saturated rings. The fraction of sp³-hybridized carbons (Fsp3) is 0.467. The normalized spacial score (nSPS) is 38.3. The minimum absolute atomic E-state index is 0.0269. The van der Waals surface area contributed by atoms with Crippen LogP contribution >= 0.6 is 0 Å². The molecule has 2 bridgehead atoms. The number of rotatable bonds is 2. The van der Waals surface area contributed by atoms with Crippen molar-refractivity contribution in [3.63, 3.8) is 0 Å². The van der Waals surface area contributed by atoms with Crippen molar-refractivity contribution in [1.29, 1.82) is 0 Å². The minimum Gasteiger partial charge on any atom is -0.462 e. The van der Waals surface area contributed by atoms with Crippen molar-refractivity contribution in [1.82, 2.24) is 0 Å². The van der Waals surface area contributed by atoms with E-state index in [1.54, 1.807) is 0 Å². The Balaban J connectivity index is 1.57. The number of benzene rings is 1. The topological polar surface area (TPSA) is 55.4 Å². The van der Waals surface area contributed by atoms with Crippen molar-refractivity contribution in [3.05, 3.63) is 30.3 Å². The van der Waals surface area contributed by atoms with Gasteiger partial charge in [-0.2, -0.15) is 0 Å². The zero-order valence-electron chi connectivity index (χ0n) is 10.4. The molecule has 4 heteroatoms. The summed E-state index contributed by atoms with van der Waals surface area (Å²) in [7, 11) is 0. The lowest BCUT2D eigenvalue weighted by atomic mass is 9.79. The third-order valence-corrected chi connectivity index (χ3v) is 4.83. The van der Waals surface area contributed by atoms with Crippen molar-refractivity contribution in [3.8, 4) is 0 Å². The van der Waals surface area contributed by atoms with Gasteiger partial charge < -0.3 is 10.1 Å². The van der Waals surface area contributed by atoms with E-state index in [9.17, 15) is 9.59 Å². The number of ether oxygens (including phenoxy) is 1. The first-order chi connectivity index (χ1) is 9.24. The summed E-state index contributed by atoms with van der Waals surface area (Å²) in [6.45, 7) is 0. The zero-order chi connectivity index (χ0) is 13.0. The van der Waals surface area contributed by atoms with Crippen molar-refractivity contribution in [2.75, 3.05) is 5.32 Å². The molecule has 1 aromatic rings. The van der Waals surface area contributed by atoms with Crippen molar-refractivity contribution < 1.29 is 14.3 Å². The highest BCUT2D eigenvalue weighted by atomic mass is 16.6. The predicted octanol–water partition coefficient (Wildman–Crippen LogP) is 1.82. The highest BCUT2D eigenvalue weighted by Gasteiger charge is 2.63. The lowest BCUT2D eigenvalue weighted by molar-refractivity contribution is -0.145. The van der Waals surface area contributed by atoms with Gasteiger partial charge >= 0.3 is 5.97 Å². The van der Waals surface area contributed by atoms with Gasteiger partial charge in [-0.1, -0.05) is 18.2 Å². The Bertz CT molecular complexity index is 540. The molecule has 1 aliphatic heterocycles. The molecule has 3 aliphatic rings. The maximum Gasteiger partial charge on any atom is 0.310 e. The van der Waals surface area contributed by atoms with Gasteiger partial charge in [-0.15, -0.1) is 0 Å². The van der Waals surface area contributed by atoms with Crippen molar-refractivity contribution >= 4 is 17.6 Å². The molecule has 2 saturated carbocycles. The maximum absolute atomic E-state index is 12.4. The molecule has 0 unspecified atom stereocenters.